The minimum absolute atomic E-state index is 0.910. The van der Waals surface area contributed by atoms with Gasteiger partial charge in [-0.3, -0.25) is 0 Å². The standard InChI is InChI=1S/C6H4F9I/c7-3(8,2-16)1-4(9,10)5(11,12)6(13,14)15/h1-2H2. The summed E-state index contributed by atoms with van der Waals surface area (Å²) in [6, 6.07) is 0. The number of hydrogen-bond acceptors (Lipinski definition) is 0. The smallest absolute Gasteiger partial charge is 0.206 e. The maximum atomic E-state index is 12.4. The van der Waals surface area contributed by atoms with Crippen LogP contribution in [0.2, 0.25) is 0 Å². The van der Waals surface area contributed by atoms with Crippen molar-refractivity contribution in [1.82, 2.24) is 0 Å². The van der Waals surface area contributed by atoms with Gasteiger partial charge in [0.2, 0.25) is 0 Å². The Morgan fingerprint density at radius 2 is 1.12 bits per heavy atom. The van der Waals surface area contributed by atoms with Crippen molar-refractivity contribution in [3.63, 3.8) is 0 Å². The van der Waals surface area contributed by atoms with Gasteiger partial charge in [0.1, 0.15) is 0 Å². The minimum Gasteiger partial charge on any atom is -0.206 e. The molecule has 0 heterocycles. The van der Waals surface area contributed by atoms with Gasteiger partial charge >= 0.3 is 18.0 Å². The zero-order chi connectivity index (χ0) is 13.4. The first kappa shape index (κ1) is 16.1. The lowest BCUT2D eigenvalue weighted by Crippen LogP contribution is -2.54. The van der Waals surface area contributed by atoms with Gasteiger partial charge in [-0.2, -0.15) is 30.7 Å². The molecule has 0 aliphatic heterocycles. The molecular formula is C6H4F9I. The lowest BCUT2D eigenvalue weighted by atomic mass is 10.0. The van der Waals surface area contributed by atoms with Crippen LogP contribution in [0.15, 0.2) is 0 Å². The summed E-state index contributed by atoms with van der Waals surface area (Å²) in [5.74, 6) is -16.6. The molecule has 0 aromatic rings. The Morgan fingerprint density at radius 1 is 0.750 bits per heavy atom. The summed E-state index contributed by atoms with van der Waals surface area (Å²) in [4.78, 5) is 0. The van der Waals surface area contributed by atoms with E-state index >= 15 is 0 Å². The van der Waals surface area contributed by atoms with Crippen LogP contribution in [0.1, 0.15) is 6.42 Å². The van der Waals surface area contributed by atoms with Crippen molar-refractivity contribution in [1.29, 1.82) is 0 Å². The first-order chi connectivity index (χ1) is 6.77. The second kappa shape index (κ2) is 4.41. The van der Waals surface area contributed by atoms with E-state index in [4.69, 9.17) is 0 Å². The third-order valence-corrected chi connectivity index (χ3v) is 2.61. The van der Waals surface area contributed by atoms with Crippen LogP contribution in [-0.4, -0.2) is 28.4 Å². The van der Waals surface area contributed by atoms with E-state index in [1.807, 2.05) is 0 Å². The highest BCUT2D eigenvalue weighted by Gasteiger charge is 2.74. The summed E-state index contributed by atoms with van der Waals surface area (Å²) in [5.41, 5.74) is 0. The fourth-order valence-corrected chi connectivity index (χ4v) is 0.960. The van der Waals surface area contributed by atoms with E-state index in [0.717, 1.165) is 22.6 Å². The number of rotatable bonds is 4. The molecule has 0 aliphatic rings. The Labute approximate surface area is 97.3 Å². The average Bonchev–Trinajstić information content (AvgIpc) is 2.00. The molecule has 0 aromatic carbocycles. The topological polar surface area (TPSA) is 0 Å². The molecule has 10 heteroatoms. The number of halogens is 10. The second-order valence-electron chi connectivity index (χ2n) is 2.94. The van der Waals surface area contributed by atoms with Crippen molar-refractivity contribution in [2.24, 2.45) is 0 Å². The number of alkyl halides is 10. The van der Waals surface area contributed by atoms with E-state index in [1.54, 1.807) is 0 Å². The minimum atomic E-state index is -6.57. The van der Waals surface area contributed by atoms with Gasteiger partial charge in [0, 0.05) is 0 Å². The molecule has 0 fully saturated rings. The maximum absolute atomic E-state index is 12.4. The fourth-order valence-electron chi connectivity index (χ4n) is 0.690. The van der Waals surface area contributed by atoms with Crippen LogP contribution in [0, 0.1) is 0 Å². The Morgan fingerprint density at radius 3 is 1.38 bits per heavy atom. The van der Waals surface area contributed by atoms with Gasteiger partial charge in [0.25, 0.3) is 5.92 Å². The molecule has 98 valence electrons. The normalized spacial score (nSPS) is 15.4. The zero-order valence-corrected chi connectivity index (χ0v) is 9.35. The molecule has 16 heavy (non-hydrogen) atoms. The van der Waals surface area contributed by atoms with Gasteiger partial charge in [-0.15, -0.1) is 0 Å². The van der Waals surface area contributed by atoms with Crippen molar-refractivity contribution in [3.8, 4) is 0 Å². The van der Waals surface area contributed by atoms with Crippen molar-refractivity contribution in [2.45, 2.75) is 30.4 Å². The molecule has 0 rings (SSSR count). The van der Waals surface area contributed by atoms with Gasteiger partial charge in [-0.05, 0) is 0 Å². The zero-order valence-electron chi connectivity index (χ0n) is 7.19. The molecule has 0 spiro atoms. The van der Waals surface area contributed by atoms with Crippen LogP contribution in [0.4, 0.5) is 39.5 Å². The average molecular weight is 374 g/mol. The van der Waals surface area contributed by atoms with Crippen molar-refractivity contribution < 1.29 is 39.5 Å². The SMILES string of the molecule is FC(F)(CI)CC(F)(F)C(F)(F)C(F)(F)F. The summed E-state index contributed by atoms with van der Waals surface area (Å²) < 4.78 is 107. The highest BCUT2D eigenvalue weighted by atomic mass is 127. The molecule has 0 radical (unpaired) electrons. The first-order valence-electron chi connectivity index (χ1n) is 3.53. The quantitative estimate of drug-likeness (QED) is 0.392. The van der Waals surface area contributed by atoms with Gasteiger partial charge < -0.3 is 0 Å². The molecule has 0 atom stereocenters. The summed E-state index contributed by atoms with van der Waals surface area (Å²) in [7, 11) is 0. The van der Waals surface area contributed by atoms with E-state index < -0.39 is 34.8 Å². The predicted octanol–water partition coefficient (Wildman–Crippen LogP) is 4.28. The van der Waals surface area contributed by atoms with Crippen LogP contribution >= 0.6 is 22.6 Å². The summed E-state index contributed by atoms with van der Waals surface area (Å²) in [6.45, 7) is 0. The Bertz CT molecular complexity index is 243. The molecule has 0 unspecified atom stereocenters. The molecule has 0 amide bonds. The van der Waals surface area contributed by atoms with E-state index in [-0.39, 0.29) is 0 Å². The van der Waals surface area contributed by atoms with Crippen LogP contribution < -0.4 is 0 Å². The molecule has 0 saturated carbocycles. The largest absolute Gasteiger partial charge is 0.459 e. The van der Waals surface area contributed by atoms with Gasteiger partial charge in [-0.1, -0.05) is 22.6 Å². The van der Waals surface area contributed by atoms with Crippen molar-refractivity contribution in [3.05, 3.63) is 0 Å². The molecule has 0 saturated heterocycles. The van der Waals surface area contributed by atoms with Crippen molar-refractivity contribution in [2.75, 3.05) is 4.43 Å². The number of hydrogen-bond donors (Lipinski definition) is 0. The van der Waals surface area contributed by atoms with Gasteiger partial charge in [0.05, 0.1) is 10.8 Å². The Balaban J connectivity index is 5.07. The van der Waals surface area contributed by atoms with E-state index in [9.17, 15) is 39.5 Å². The van der Waals surface area contributed by atoms with Crippen molar-refractivity contribution >= 4 is 22.6 Å². The highest BCUT2D eigenvalue weighted by molar-refractivity contribution is 14.1. The lowest BCUT2D eigenvalue weighted by molar-refractivity contribution is -0.362. The van der Waals surface area contributed by atoms with Gasteiger partial charge in [0.15, 0.2) is 0 Å². The Kier molecular flexibility index (Phi) is 4.43. The van der Waals surface area contributed by atoms with E-state index in [0.29, 0.717) is 0 Å². The fraction of sp³-hybridized carbons (Fsp3) is 1.00. The van der Waals surface area contributed by atoms with Crippen LogP contribution in [0.3, 0.4) is 0 Å². The predicted molar refractivity (Wildman–Crippen MR) is 44.4 cm³/mol. The Hall–Kier alpha value is 0.100. The van der Waals surface area contributed by atoms with E-state index in [1.165, 1.54) is 0 Å². The second-order valence-corrected chi connectivity index (χ2v) is 3.71. The summed E-state index contributed by atoms with van der Waals surface area (Å²) in [5, 5.41) is 0. The third-order valence-electron chi connectivity index (χ3n) is 1.49. The monoisotopic (exact) mass is 374 g/mol. The first-order valence-corrected chi connectivity index (χ1v) is 5.05. The third kappa shape index (κ3) is 3.29. The van der Waals surface area contributed by atoms with E-state index in [2.05, 4.69) is 0 Å². The van der Waals surface area contributed by atoms with Crippen LogP contribution in [-0.2, 0) is 0 Å². The summed E-state index contributed by atoms with van der Waals surface area (Å²) >= 11 is 0.910. The molecule has 0 N–H and O–H groups in total. The van der Waals surface area contributed by atoms with Crippen LogP contribution in [0.25, 0.3) is 0 Å². The molecular weight excluding hydrogens is 370 g/mol. The molecule has 0 bridgehead atoms. The van der Waals surface area contributed by atoms with Crippen LogP contribution in [0.5, 0.6) is 0 Å². The summed E-state index contributed by atoms with van der Waals surface area (Å²) in [6.07, 6.45) is -9.42. The molecule has 0 nitrogen and oxygen atoms in total. The molecule has 0 aromatic heterocycles. The van der Waals surface area contributed by atoms with Gasteiger partial charge in [-0.25, -0.2) is 8.78 Å². The highest BCUT2D eigenvalue weighted by Crippen LogP contribution is 2.50. The lowest BCUT2D eigenvalue weighted by Gasteiger charge is -2.30. The molecule has 0 aliphatic carbocycles. The maximum Gasteiger partial charge on any atom is 0.459 e.